The zero-order valence-electron chi connectivity index (χ0n) is 12.9. The average molecular weight is 320 g/mol. The van der Waals surface area contributed by atoms with Crippen molar-refractivity contribution in [2.75, 3.05) is 6.54 Å². The van der Waals surface area contributed by atoms with Crippen LogP contribution in [0.1, 0.15) is 62.5 Å². The molecule has 6 nitrogen and oxygen atoms in total. The summed E-state index contributed by atoms with van der Waals surface area (Å²) in [5.41, 5.74) is 2.78. The molecule has 118 valence electrons. The molecule has 0 saturated carbocycles. The largest absolute Gasteiger partial charge is 0.339 e. The first-order valence-electron chi connectivity index (χ1n) is 7.65. The summed E-state index contributed by atoms with van der Waals surface area (Å²) in [7, 11) is 0. The summed E-state index contributed by atoms with van der Waals surface area (Å²) in [5.74, 6) is 1.63. The van der Waals surface area contributed by atoms with Crippen molar-refractivity contribution in [1.29, 1.82) is 0 Å². The molecule has 2 aromatic heterocycles. The highest BCUT2D eigenvalue weighted by Gasteiger charge is 2.33. The van der Waals surface area contributed by atoms with E-state index < -0.39 is 0 Å². The zero-order valence-corrected chi connectivity index (χ0v) is 13.7. The van der Waals surface area contributed by atoms with Crippen molar-refractivity contribution >= 4 is 17.2 Å². The lowest BCUT2D eigenvalue weighted by Gasteiger charge is -2.22. The normalized spacial score (nSPS) is 18.3. The third-order valence-corrected chi connectivity index (χ3v) is 4.54. The van der Waals surface area contributed by atoms with E-state index in [0.717, 1.165) is 25.1 Å². The monoisotopic (exact) mass is 320 g/mol. The van der Waals surface area contributed by atoms with E-state index in [2.05, 4.69) is 15.1 Å². The number of amides is 1. The first-order chi connectivity index (χ1) is 10.6. The lowest BCUT2D eigenvalue weighted by Crippen LogP contribution is -2.31. The third-order valence-electron chi connectivity index (χ3n) is 3.90. The maximum atomic E-state index is 12.5. The minimum absolute atomic E-state index is 0.0424. The lowest BCUT2D eigenvalue weighted by atomic mass is 10.2. The number of carbonyl (C=O) groups excluding carboxylic acids is 1. The number of aromatic nitrogens is 3. The topological polar surface area (TPSA) is 72.1 Å². The molecule has 1 aliphatic rings. The Hall–Kier alpha value is -1.76. The van der Waals surface area contributed by atoms with Gasteiger partial charge in [0.2, 0.25) is 11.8 Å². The molecular formula is C15H20N4O2S. The zero-order chi connectivity index (χ0) is 15.5. The quantitative estimate of drug-likeness (QED) is 0.847. The second-order valence-corrected chi connectivity index (χ2v) is 6.59. The summed E-state index contributed by atoms with van der Waals surface area (Å²) in [6.07, 6.45) is 3.06. The van der Waals surface area contributed by atoms with Gasteiger partial charge in [-0.25, -0.2) is 4.98 Å². The van der Waals surface area contributed by atoms with Crippen LogP contribution in [-0.2, 0) is 11.2 Å². The van der Waals surface area contributed by atoms with Crippen LogP contribution in [0.3, 0.4) is 0 Å². The van der Waals surface area contributed by atoms with E-state index in [4.69, 9.17) is 4.52 Å². The fraction of sp³-hybridized carbons (Fsp3) is 0.600. The molecule has 1 unspecified atom stereocenters. The van der Waals surface area contributed by atoms with Crippen LogP contribution >= 0.6 is 11.3 Å². The summed E-state index contributed by atoms with van der Waals surface area (Å²) in [4.78, 5) is 23.0. The molecule has 2 aromatic rings. The lowest BCUT2D eigenvalue weighted by molar-refractivity contribution is -0.132. The molecule has 1 amide bonds. The van der Waals surface area contributed by atoms with Gasteiger partial charge in [0.05, 0.1) is 17.2 Å². The van der Waals surface area contributed by atoms with E-state index >= 15 is 0 Å². The van der Waals surface area contributed by atoms with E-state index in [1.54, 1.807) is 16.8 Å². The van der Waals surface area contributed by atoms with Crippen LogP contribution in [0.5, 0.6) is 0 Å². The number of hydrogen-bond acceptors (Lipinski definition) is 6. The number of thiazole rings is 1. The SMILES string of the molecule is CC(C)c1nc(C2CCCN2C(=O)CCc2cscn2)no1. The van der Waals surface area contributed by atoms with Crippen molar-refractivity contribution in [2.45, 2.75) is 51.5 Å². The highest BCUT2D eigenvalue weighted by Crippen LogP contribution is 2.31. The van der Waals surface area contributed by atoms with Crippen LogP contribution in [-0.4, -0.2) is 32.5 Å². The number of aryl methyl sites for hydroxylation is 1. The minimum atomic E-state index is -0.0424. The van der Waals surface area contributed by atoms with Crippen LogP contribution in [0.4, 0.5) is 0 Å². The Morgan fingerprint density at radius 1 is 1.55 bits per heavy atom. The first kappa shape index (κ1) is 15.1. The maximum Gasteiger partial charge on any atom is 0.229 e. The predicted molar refractivity (Wildman–Crippen MR) is 82.5 cm³/mol. The van der Waals surface area contributed by atoms with Gasteiger partial charge in [-0.1, -0.05) is 19.0 Å². The van der Waals surface area contributed by atoms with E-state index in [1.165, 1.54) is 0 Å². The molecule has 22 heavy (non-hydrogen) atoms. The number of nitrogens with zero attached hydrogens (tertiary/aromatic N) is 4. The van der Waals surface area contributed by atoms with Gasteiger partial charge >= 0.3 is 0 Å². The Bertz CT molecular complexity index is 623. The van der Waals surface area contributed by atoms with Gasteiger partial charge < -0.3 is 9.42 Å². The smallest absolute Gasteiger partial charge is 0.229 e. The van der Waals surface area contributed by atoms with Gasteiger partial charge in [0.1, 0.15) is 0 Å². The standard InChI is InChI=1S/C15H20N4O2S/c1-10(2)15-17-14(18-21-15)12-4-3-7-19(12)13(20)6-5-11-8-22-9-16-11/h8-10,12H,3-7H2,1-2H3. The molecule has 0 bridgehead atoms. The Balaban J connectivity index is 1.65. The summed E-state index contributed by atoms with van der Waals surface area (Å²) < 4.78 is 5.28. The van der Waals surface area contributed by atoms with Crippen molar-refractivity contribution in [3.8, 4) is 0 Å². The number of carbonyl (C=O) groups is 1. The molecule has 1 fully saturated rings. The fourth-order valence-corrected chi connectivity index (χ4v) is 3.28. The molecule has 1 aliphatic heterocycles. The van der Waals surface area contributed by atoms with Crippen LogP contribution in [0.2, 0.25) is 0 Å². The Kier molecular flexibility index (Phi) is 4.52. The molecule has 0 aliphatic carbocycles. The molecule has 1 saturated heterocycles. The van der Waals surface area contributed by atoms with Gasteiger partial charge in [-0.2, -0.15) is 4.98 Å². The first-order valence-corrected chi connectivity index (χ1v) is 8.59. The number of likely N-dealkylation sites (tertiary alicyclic amines) is 1. The van der Waals surface area contributed by atoms with Crippen molar-refractivity contribution in [2.24, 2.45) is 0 Å². The molecule has 1 atom stereocenters. The van der Waals surface area contributed by atoms with Crippen LogP contribution in [0.25, 0.3) is 0 Å². The van der Waals surface area contributed by atoms with Gasteiger partial charge in [-0.3, -0.25) is 4.79 Å². The van der Waals surface area contributed by atoms with Crippen molar-refractivity contribution in [1.82, 2.24) is 20.0 Å². The molecule has 0 aromatic carbocycles. The van der Waals surface area contributed by atoms with Gasteiger partial charge in [-0.05, 0) is 19.3 Å². The third kappa shape index (κ3) is 3.19. The van der Waals surface area contributed by atoms with Crippen molar-refractivity contribution in [3.63, 3.8) is 0 Å². The summed E-state index contributed by atoms with van der Waals surface area (Å²) >= 11 is 1.56. The summed E-state index contributed by atoms with van der Waals surface area (Å²) in [6.45, 7) is 4.80. The van der Waals surface area contributed by atoms with Gasteiger partial charge in [0.15, 0.2) is 5.82 Å². The molecule has 3 rings (SSSR count). The number of hydrogen-bond donors (Lipinski definition) is 0. The Morgan fingerprint density at radius 2 is 2.41 bits per heavy atom. The average Bonchev–Trinajstić information content (AvgIpc) is 3.23. The highest BCUT2D eigenvalue weighted by atomic mass is 32.1. The van der Waals surface area contributed by atoms with Gasteiger partial charge in [0, 0.05) is 24.3 Å². The van der Waals surface area contributed by atoms with E-state index in [-0.39, 0.29) is 17.9 Å². The second-order valence-electron chi connectivity index (χ2n) is 5.87. The van der Waals surface area contributed by atoms with Gasteiger partial charge in [-0.15, -0.1) is 11.3 Å². The van der Waals surface area contributed by atoms with Crippen LogP contribution in [0.15, 0.2) is 15.4 Å². The van der Waals surface area contributed by atoms with Crippen molar-refractivity contribution in [3.05, 3.63) is 28.3 Å². The van der Waals surface area contributed by atoms with Crippen molar-refractivity contribution < 1.29 is 9.32 Å². The molecule has 0 spiro atoms. The van der Waals surface area contributed by atoms with E-state index in [0.29, 0.717) is 24.6 Å². The summed E-state index contributed by atoms with van der Waals surface area (Å²) in [5, 5.41) is 6.06. The number of rotatable bonds is 5. The van der Waals surface area contributed by atoms with Gasteiger partial charge in [0.25, 0.3) is 0 Å². The minimum Gasteiger partial charge on any atom is -0.339 e. The molecule has 7 heteroatoms. The Labute approximate surface area is 133 Å². The fourth-order valence-electron chi connectivity index (χ4n) is 2.69. The van der Waals surface area contributed by atoms with E-state index in [1.807, 2.05) is 24.1 Å². The molecular weight excluding hydrogens is 300 g/mol. The predicted octanol–water partition coefficient (Wildman–Crippen LogP) is 2.95. The molecule has 0 radical (unpaired) electrons. The molecule has 3 heterocycles. The van der Waals surface area contributed by atoms with E-state index in [9.17, 15) is 4.79 Å². The summed E-state index contributed by atoms with van der Waals surface area (Å²) in [6, 6.07) is -0.0424. The van der Waals surface area contributed by atoms with Crippen LogP contribution < -0.4 is 0 Å². The Morgan fingerprint density at radius 3 is 3.09 bits per heavy atom. The van der Waals surface area contributed by atoms with Crippen LogP contribution in [0, 0.1) is 0 Å². The highest BCUT2D eigenvalue weighted by molar-refractivity contribution is 7.07. The second kappa shape index (κ2) is 6.56. The maximum absolute atomic E-state index is 12.5. The molecule has 0 N–H and O–H groups in total.